The first kappa shape index (κ1) is 16.6. The SMILES string of the molecule is Cn1ccc(-c2cc(-c3cccc(Cn4cccn4)c3)c(C#N)c(N)n2)c1. The van der Waals surface area contributed by atoms with Gasteiger partial charge in [-0.15, -0.1) is 0 Å². The number of aryl methyl sites for hydroxylation is 1. The number of anilines is 1. The van der Waals surface area contributed by atoms with E-state index in [-0.39, 0.29) is 5.82 Å². The number of aromatic nitrogens is 4. The predicted molar refractivity (Wildman–Crippen MR) is 105 cm³/mol. The fraction of sp³-hybridized carbons (Fsp3) is 0.0952. The van der Waals surface area contributed by atoms with Crippen LogP contribution in [0.15, 0.2) is 67.3 Å². The zero-order valence-electron chi connectivity index (χ0n) is 14.9. The van der Waals surface area contributed by atoms with Gasteiger partial charge in [-0.1, -0.05) is 18.2 Å². The molecule has 0 saturated carbocycles. The van der Waals surface area contributed by atoms with Crippen LogP contribution in [0.4, 0.5) is 5.82 Å². The highest BCUT2D eigenvalue weighted by atomic mass is 15.3. The predicted octanol–water partition coefficient (Wildman–Crippen LogP) is 3.45. The smallest absolute Gasteiger partial charge is 0.142 e. The van der Waals surface area contributed by atoms with Crippen molar-refractivity contribution in [3.8, 4) is 28.5 Å². The van der Waals surface area contributed by atoms with E-state index in [1.165, 1.54) is 0 Å². The summed E-state index contributed by atoms with van der Waals surface area (Å²) in [5, 5.41) is 13.9. The second-order valence-corrected chi connectivity index (χ2v) is 6.40. The second-order valence-electron chi connectivity index (χ2n) is 6.40. The van der Waals surface area contributed by atoms with E-state index in [9.17, 15) is 5.26 Å². The van der Waals surface area contributed by atoms with Crippen molar-refractivity contribution in [2.45, 2.75) is 6.54 Å². The molecule has 0 amide bonds. The Morgan fingerprint density at radius 2 is 2.00 bits per heavy atom. The Hall–Kier alpha value is -3.85. The van der Waals surface area contributed by atoms with Crippen LogP contribution in [0.2, 0.25) is 0 Å². The molecule has 0 atom stereocenters. The van der Waals surface area contributed by atoms with E-state index in [1.807, 2.05) is 71.3 Å². The van der Waals surface area contributed by atoms with Gasteiger partial charge in [0.1, 0.15) is 17.5 Å². The topological polar surface area (TPSA) is 85.5 Å². The van der Waals surface area contributed by atoms with Crippen LogP contribution in [-0.4, -0.2) is 19.3 Å². The third-order valence-electron chi connectivity index (χ3n) is 4.43. The maximum atomic E-state index is 9.61. The molecule has 0 spiro atoms. The molecule has 3 heterocycles. The van der Waals surface area contributed by atoms with E-state index >= 15 is 0 Å². The number of rotatable bonds is 4. The lowest BCUT2D eigenvalue weighted by Gasteiger charge is -2.11. The number of benzene rings is 1. The molecule has 0 aliphatic heterocycles. The van der Waals surface area contributed by atoms with Crippen LogP contribution in [0.3, 0.4) is 0 Å². The van der Waals surface area contributed by atoms with E-state index in [0.717, 1.165) is 27.9 Å². The minimum atomic E-state index is 0.242. The third-order valence-corrected chi connectivity index (χ3v) is 4.43. The van der Waals surface area contributed by atoms with Crippen LogP contribution in [0, 0.1) is 11.3 Å². The van der Waals surface area contributed by atoms with Crippen molar-refractivity contribution in [1.82, 2.24) is 19.3 Å². The summed E-state index contributed by atoms with van der Waals surface area (Å²) in [7, 11) is 1.95. The molecule has 6 heteroatoms. The molecule has 4 rings (SSSR count). The normalized spacial score (nSPS) is 10.7. The summed E-state index contributed by atoms with van der Waals surface area (Å²) in [6.45, 7) is 0.662. The maximum Gasteiger partial charge on any atom is 0.142 e. The summed E-state index contributed by atoms with van der Waals surface area (Å²) in [6.07, 6.45) is 7.61. The minimum absolute atomic E-state index is 0.242. The minimum Gasteiger partial charge on any atom is -0.383 e. The van der Waals surface area contributed by atoms with Gasteiger partial charge in [-0.25, -0.2) is 4.98 Å². The molecule has 4 aromatic rings. The molecule has 2 N–H and O–H groups in total. The van der Waals surface area contributed by atoms with Crippen molar-refractivity contribution in [3.63, 3.8) is 0 Å². The summed E-state index contributed by atoms with van der Waals surface area (Å²) in [4.78, 5) is 4.42. The number of nitrogens with two attached hydrogens (primary N) is 1. The number of nitriles is 1. The summed E-state index contributed by atoms with van der Waals surface area (Å²) >= 11 is 0. The summed E-state index contributed by atoms with van der Waals surface area (Å²) < 4.78 is 3.82. The van der Waals surface area contributed by atoms with E-state index in [2.05, 4.69) is 22.2 Å². The largest absolute Gasteiger partial charge is 0.383 e. The number of hydrogen-bond acceptors (Lipinski definition) is 4. The molecule has 3 aromatic heterocycles. The van der Waals surface area contributed by atoms with Gasteiger partial charge in [-0.2, -0.15) is 10.4 Å². The zero-order chi connectivity index (χ0) is 18.8. The van der Waals surface area contributed by atoms with Crippen molar-refractivity contribution in [2.75, 3.05) is 5.73 Å². The van der Waals surface area contributed by atoms with Crippen molar-refractivity contribution >= 4 is 5.82 Å². The molecule has 132 valence electrons. The molecule has 0 radical (unpaired) electrons. The lowest BCUT2D eigenvalue weighted by Crippen LogP contribution is -2.01. The fourth-order valence-corrected chi connectivity index (χ4v) is 3.13. The molecule has 0 aliphatic rings. The number of nitrogens with zero attached hydrogens (tertiary/aromatic N) is 5. The van der Waals surface area contributed by atoms with Crippen molar-refractivity contribution in [2.24, 2.45) is 7.05 Å². The molecule has 0 unspecified atom stereocenters. The highest BCUT2D eigenvalue weighted by Gasteiger charge is 2.14. The number of nitrogen functional groups attached to an aromatic ring is 1. The molecule has 0 saturated heterocycles. The summed E-state index contributed by atoms with van der Waals surface area (Å²) in [5.41, 5.74) is 11.0. The standard InChI is InChI=1S/C21H18N6/c1-26-9-6-17(14-26)20-11-18(19(12-22)21(23)25-20)16-5-2-4-15(10-16)13-27-8-3-7-24-27/h2-11,14H,13H2,1H3,(H2,23,25). The first-order valence-corrected chi connectivity index (χ1v) is 8.54. The van der Waals surface area contributed by atoms with Crippen molar-refractivity contribution in [3.05, 3.63) is 78.4 Å². The monoisotopic (exact) mass is 354 g/mol. The Morgan fingerprint density at radius 1 is 1.11 bits per heavy atom. The lowest BCUT2D eigenvalue weighted by atomic mass is 9.97. The van der Waals surface area contributed by atoms with Crippen LogP contribution in [-0.2, 0) is 13.6 Å². The fourth-order valence-electron chi connectivity index (χ4n) is 3.13. The number of hydrogen-bond donors (Lipinski definition) is 1. The third kappa shape index (κ3) is 3.31. The average Bonchev–Trinajstić information content (AvgIpc) is 3.33. The Balaban J connectivity index is 1.80. The van der Waals surface area contributed by atoms with Gasteiger partial charge in [-0.05, 0) is 35.4 Å². The molecule has 0 aliphatic carbocycles. The van der Waals surface area contributed by atoms with Gasteiger partial charge in [-0.3, -0.25) is 4.68 Å². The quantitative estimate of drug-likeness (QED) is 0.608. The zero-order valence-corrected chi connectivity index (χ0v) is 14.9. The Kier molecular flexibility index (Phi) is 4.19. The van der Waals surface area contributed by atoms with Crippen LogP contribution < -0.4 is 5.73 Å². The van der Waals surface area contributed by atoms with Gasteiger partial charge in [0.25, 0.3) is 0 Å². The molecular weight excluding hydrogens is 336 g/mol. The van der Waals surface area contributed by atoms with Gasteiger partial charge >= 0.3 is 0 Å². The summed E-state index contributed by atoms with van der Waals surface area (Å²) in [6, 6.07) is 16.1. The van der Waals surface area contributed by atoms with Crippen LogP contribution in [0.5, 0.6) is 0 Å². The molecule has 27 heavy (non-hydrogen) atoms. The Bertz CT molecular complexity index is 1130. The van der Waals surface area contributed by atoms with Gasteiger partial charge in [0.05, 0.1) is 12.2 Å². The highest BCUT2D eigenvalue weighted by Crippen LogP contribution is 2.31. The lowest BCUT2D eigenvalue weighted by molar-refractivity contribution is 0.687. The summed E-state index contributed by atoms with van der Waals surface area (Å²) in [5.74, 6) is 0.242. The van der Waals surface area contributed by atoms with Crippen molar-refractivity contribution in [1.29, 1.82) is 5.26 Å². The second kappa shape index (κ2) is 6.81. The molecule has 6 nitrogen and oxygen atoms in total. The van der Waals surface area contributed by atoms with E-state index in [1.54, 1.807) is 6.20 Å². The Morgan fingerprint density at radius 3 is 2.70 bits per heavy atom. The van der Waals surface area contributed by atoms with Gasteiger partial charge in [0.2, 0.25) is 0 Å². The Labute approximate surface area is 157 Å². The van der Waals surface area contributed by atoms with E-state index in [0.29, 0.717) is 12.1 Å². The van der Waals surface area contributed by atoms with Gasteiger partial charge in [0, 0.05) is 43.0 Å². The first-order chi connectivity index (χ1) is 13.1. The van der Waals surface area contributed by atoms with E-state index in [4.69, 9.17) is 5.73 Å². The maximum absolute atomic E-state index is 9.61. The average molecular weight is 354 g/mol. The van der Waals surface area contributed by atoms with Crippen LogP contribution in [0.1, 0.15) is 11.1 Å². The van der Waals surface area contributed by atoms with Crippen LogP contribution >= 0.6 is 0 Å². The molecular formula is C21H18N6. The van der Waals surface area contributed by atoms with Crippen molar-refractivity contribution < 1.29 is 0 Å². The van der Waals surface area contributed by atoms with Gasteiger partial charge < -0.3 is 10.3 Å². The highest BCUT2D eigenvalue weighted by molar-refractivity contribution is 5.80. The first-order valence-electron chi connectivity index (χ1n) is 8.54. The molecule has 0 fully saturated rings. The van der Waals surface area contributed by atoms with Gasteiger partial charge in [0.15, 0.2) is 0 Å². The van der Waals surface area contributed by atoms with Crippen LogP contribution in [0.25, 0.3) is 22.4 Å². The number of pyridine rings is 1. The molecule has 1 aromatic carbocycles. The van der Waals surface area contributed by atoms with E-state index < -0.39 is 0 Å². The molecule has 0 bridgehead atoms.